The molecule has 124 valence electrons. The normalized spacial score (nSPS) is 30.2. The van der Waals surface area contributed by atoms with Crippen LogP contribution in [-0.4, -0.2) is 69.6 Å². The number of nitrogens with one attached hydrogen (secondary N) is 2. The van der Waals surface area contributed by atoms with Crippen LogP contribution >= 0.6 is 0 Å². The molecule has 0 radical (unpaired) electrons. The minimum absolute atomic E-state index is 0.0355. The summed E-state index contributed by atoms with van der Waals surface area (Å²) in [6.07, 6.45) is -5.52. The molecule has 22 heavy (non-hydrogen) atoms. The van der Waals surface area contributed by atoms with E-state index in [1.807, 2.05) is 0 Å². The predicted molar refractivity (Wildman–Crippen MR) is 70.3 cm³/mol. The second kappa shape index (κ2) is 5.79. The number of hydrogen-bond donors (Lipinski definition) is 7. The fraction of sp³-hybridized carbons (Fsp3) is 0.556. The van der Waals surface area contributed by atoms with Gasteiger partial charge in [-0.2, -0.15) is 0 Å². The van der Waals surface area contributed by atoms with E-state index < -0.39 is 45.9 Å². The minimum Gasteiger partial charge on any atom is -0.387 e. The molecule has 13 heteroatoms. The Hall–Kier alpha value is -1.77. The van der Waals surface area contributed by atoms with Gasteiger partial charge >= 0.3 is 0 Å². The zero-order chi connectivity index (χ0) is 16.7. The van der Waals surface area contributed by atoms with E-state index in [9.17, 15) is 28.5 Å². The molecule has 0 bridgehead atoms. The number of anilines is 1. The van der Waals surface area contributed by atoms with Gasteiger partial charge in [-0.25, -0.2) is 18.5 Å². The molecule has 0 spiro atoms. The van der Waals surface area contributed by atoms with E-state index in [2.05, 4.69) is 15.3 Å². The van der Waals surface area contributed by atoms with Crippen molar-refractivity contribution in [3.8, 4) is 0 Å². The number of aromatic nitrogens is 2. The summed E-state index contributed by atoms with van der Waals surface area (Å²) in [6.45, 7) is 0. The van der Waals surface area contributed by atoms with Crippen molar-refractivity contribution in [2.75, 3.05) is 5.73 Å². The van der Waals surface area contributed by atoms with E-state index in [1.54, 1.807) is 0 Å². The van der Waals surface area contributed by atoms with Crippen LogP contribution in [0.1, 0.15) is 10.5 Å². The van der Waals surface area contributed by atoms with Crippen molar-refractivity contribution < 1.29 is 33.3 Å². The first-order valence-corrected chi connectivity index (χ1v) is 7.55. The topological polar surface area (TPSA) is 214 Å². The predicted octanol–water partition coefficient (Wildman–Crippen LogP) is -4.22. The number of nitrogen functional groups attached to an aromatic ring is 1. The van der Waals surface area contributed by atoms with Gasteiger partial charge in [0.1, 0.15) is 24.1 Å². The van der Waals surface area contributed by atoms with Crippen molar-refractivity contribution in [2.45, 2.75) is 30.0 Å². The first-order chi connectivity index (χ1) is 10.1. The van der Waals surface area contributed by atoms with Crippen LogP contribution < -0.4 is 16.2 Å². The number of rotatable bonds is 4. The third-order valence-electron chi connectivity index (χ3n) is 3.08. The van der Waals surface area contributed by atoms with E-state index in [0.29, 0.717) is 0 Å². The number of primary sulfonamides is 1. The van der Waals surface area contributed by atoms with E-state index in [0.717, 1.165) is 0 Å². The number of carbonyl (C=O) groups is 1. The maximum Gasteiger partial charge on any atom is 0.275 e. The third-order valence-corrected chi connectivity index (χ3v) is 4.02. The van der Waals surface area contributed by atoms with E-state index in [1.165, 1.54) is 6.33 Å². The summed E-state index contributed by atoms with van der Waals surface area (Å²) in [6, 6.07) is 0. The van der Waals surface area contributed by atoms with Crippen LogP contribution in [0.15, 0.2) is 6.33 Å². The molecule has 0 aliphatic carbocycles. The standard InChI is InChI=1S/C9H15N5O7S/c10-6-2(12-1-13-6)7(17)14-8-4(16)3(15)5(21-8)9(18)22(11,19)20/h1,3-5,8-9,15-16,18H,10H2,(H,12,13)(H,14,17)(H2,11,19,20)/t3-,4+,5-,8+,9?/m0/s1. The number of nitrogens with two attached hydrogens (primary N) is 2. The number of carbonyl (C=O) groups excluding carboxylic acids is 1. The summed E-state index contributed by atoms with van der Waals surface area (Å²) >= 11 is 0. The van der Waals surface area contributed by atoms with Gasteiger partial charge in [-0.15, -0.1) is 0 Å². The Kier molecular flexibility index (Phi) is 4.37. The smallest absolute Gasteiger partial charge is 0.275 e. The Bertz CT molecular complexity index is 661. The largest absolute Gasteiger partial charge is 0.387 e. The summed E-state index contributed by atoms with van der Waals surface area (Å²) < 4.78 is 27.1. The van der Waals surface area contributed by atoms with E-state index in [4.69, 9.17) is 15.6 Å². The maximum atomic E-state index is 11.9. The number of imidazole rings is 1. The summed E-state index contributed by atoms with van der Waals surface area (Å²) in [5.41, 5.74) is 2.99. The lowest BCUT2D eigenvalue weighted by molar-refractivity contribution is -0.0436. The molecule has 1 fully saturated rings. The molecule has 12 nitrogen and oxygen atoms in total. The lowest BCUT2D eigenvalue weighted by Crippen LogP contribution is -2.45. The average Bonchev–Trinajstić information content (AvgIpc) is 2.96. The second-order valence-electron chi connectivity index (χ2n) is 4.62. The fourth-order valence-corrected chi connectivity index (χ4v) is 2.53. The number of ether oxygens (including phenoxy) is 1. The number of aliphatic hydroxyl groups is 3. The van der Waals surface area contributed by atoms with Gasteiger partial charge in [0.25, 0.3) is 5.91 Å². The molecule has 1 aromatic rings. The number of amides is 1. The summed E-state index contributed by atoms with van der Waals surface area (Å²) in [5.74, 6) is -0.868. The van der Waals surface area contributed by atoms with Crippen molar-refractivity contribution in [3.63, 3.8) is 0 Å². The van der Waals surface area contributed by atoms with Crippen LogP contribution in [0.4, 0.5) is 5.82 Å². The van der Waals surface area contributed by atoms with Crippen LogP contribution in [0.2, 0.25) is 0 Å². The third kappa shape index (κ3) is 3.03. The van der Waals surface area contributed by atoms with Gasteiger partial charge in [0.15, 0.2) is 17.4 Å². The van der Waals surface area contributed by atoms with Gasteiger partial charge in [-0.3, -0.25) is 4.79 Å². The highest BCUT2D eigenvalue weighted by Crippen LogP contribution is 2.24. The molecule has 1 amide bonds. The highest BCUT2D eigenvalue weighted by Gasteiger charge is 2.49. The Balaban J connectivity index is 2.11. The lowest BCUT2D eigenvalue weighted by atomic mass is 10.1. The van der Waals surface area contributed by atoms with Gasteiger partial charge < -0.3 is 36.1 Å². The monoisotopic (exact) mass is 337 g/mol. The molecule has 1 aliphatic rings. The quantitative estimate of drug-likeness (QED) is 0.283. The highest BCUT2D eigenvalue weighted by atomic mass is 32.2. The van der Waals surface area contributed by atoms with Crippen LogP contribution in [0.5, 0.6) is 0 Å². The van der Waals surface area contributed by atoms with Crippen molar-refractivity contribution in [1.82, 2.24) is 15.3 Å². The van der Waals surface area contributed by atoms with Gasteiger partial charge in [0.05, 0.1) is 6.33 Å². The Morgan fingerprint density at radius 3 is 2.59 bits per heavy atom. The van der Waals surface area contributed by atoms with Gasteiger partial charge in [0, 0.05) is 0 Å². The molecule has 0 saturated carbocycles. The molecule has 1 saturated heterocycles. The van der Waals surface area contributed by atoms with Gasteiger partial charge in [-0.05, 0) is 0 Å². The van der Waals surface area contributed by atoms with Crippen molar-refractivity contribution in [1.29, 1.82) is 0 Å². The fourth-order valence-electron chi connectivity index (χ4n) is 1.93. The van der Waals surface area contributed by atoms with Crippen molar-refractivity contribution >= 4 is 21.7 Å². The molecule has 5 atom stereocenters. The van der Waals surface area contributed by atoms with E-state index in [-0.39, 0.29) is 11.5 Å². The van der Waals surface area contributed by atoms with Crippen LogP contribution in [0.25, 0.3) is 0 Å². The Morgan fingerprint density at radius 2 is 2.09 bits per heavy atom. The van der Waals surface area contributed by atoms with Gasteiger partial charge in [0.2, 0.25) is 10.0 Å². The Labute approximate surface area is 124 Å². The molecule has 1 aliphatic heterocycles. The van der Waals surface area contributed by atoms with Gasteiger partial charge in [-0.1, -0.05) is 0 Å². The zero-order valence-electron chi connectivity index (χ0n) is 10.9. The van der Waals surface area contributed by atoms with E-state index >= 15 is 0 Å². The van der Waals surface area contributed by atoms with Crippen molar-refractivity contribution in [3.05, 3.63) is 12.0 Å². The van der Waals surface area contributed by atoms with Crippen molar-refractivity contribution in [2.24, 2.45) is 5.14 Å². The molecule has 1 aromatic heterocycles. The van der Waals surface area contributed by atoms with Crippen LogP contribution in [0.3, 0.4) is 0 Å². The summed E-state index contributed by atoms with van der Waals surface area (Å²) in [7, 11) is -4.44. The number of hydrogen-bond acceptors (Lipinski definition) is 9. The molecule has 2 heterocycles. The second-order valence-corrected chi connectivity index (χ2v) is 6.28. The highest BCUT2D eigenvalue weighted by molar-refractivity contribution is 7.89. The number of sulfonamides is 1. The van der Waals surface area contributed by atoms with Crippen LogP contribution in [-0.2, 0) is 14.8 Å². The molecular formula is C9H15N5O7S. The number of H-pyrrole nitrogens is 1. The summed E-state index contributed by atoms with van der Waals surface area (Å²) in [4.78, 5) is 18.0. The molecule has 0 aromatic carbocycles. The zero-order valence-corrected chi connectivity index (χ0v) is 11.8. The number of nitrogens with zero attached hydrogens (tertiary/aromatic N) is 1. The number of aromatic amines is 1. The average molecular weight is 337 g/mol. The SMILES string of the molecule is Nc1[nH]cnc1C(=O)N[C@@H]1O[C@H](C(O)S(N)(=O)=O)[C@@H](O)[C@H]1O. The minimum atomic E-state index is -4.44. The first-order valence-electron chi connectivity index (χ1n) is 5.94. The molecular weight excluding hydrogens is 322 g/mol. The molecule has 2 rings (SSSR count). The maximum absolute atomic E-state index is 11.9. The number of aliphatic hydroxyl groups excluding tert-OH is 3. The molecule has 1 unspecified atom stereocenters. The summed E-state index contributed by atoms with van der Waals surface area (Å²) in [5, 5.41) is 35.9. The Morgan fingerprint density at radius 1 is 1.45 bits per heavy atom. The first kappa shape index (κ1) is 16.6. The van der Waals surface area contributed by atoms with Crippen LogP contribution in [0, 0.1) is 0 Å². The molecule has 9 N–H and O–H groups in total. The lowest BCUT2D eigenvalue weighted by Gasteiger charge is -2.18.